The van der Waals surface area contributed by atoms with Gasteiger partial charge in [0.15, 0.2) is 9.84 Å². The number of aromatic nitrogens is 2. The SMILES string of the molecule is CC(C)NC(=O)N1C[C@@H]2c3nc(N4CCC[C@@H](C)C4)ncc3CS(=O)(=O)[C@@H]2C1. The normalized spacial score (nSPS) is 28.8. The van der Waals surface area contributed by atoms with Gasteiger partial charge in [0.25, 0.3) is 0 Å². The van der Waals surface area contributed by atoms with Crippen molar-refractivity contribution in [2.75, 3.05) is 31.1 Å². The zero-order valence-corrected chi connectivity index (χ0v) is 17.6. The number of nitrogens with zero attached hydrogens (tertiary/aromatic N) is 4. The van der Waals surface area contributed by atoms with Gasteiger partial charge in [-0.25, -0.2) is 23.2 Å². The molecule has 4 rings (SSSR count). The first-order chi connectivity index (χ1) is 13.2. The maximum Gasteiger partial charge on any atom is 0.317 e. The van der Waals surface area contributed by atoms with E-state index in [1.807, 2.05) is 13.8 Å². The number of anilines is 1. The quantitative estimate of drug-likeness (QED) is 0.799. The highest BCUT2D eigenvalue weighted by Crippen LogP contribution is 2.39. The van der Waals surface area contributed by atoms with Gasteiger partial charge in [-0.2, -0.15) is 0 Å². The molecule has 0 unspecified atom stereocenters. The summed E-state index contributed by atoms with van der Waals surface area (Å²) in [4.78, 5) is 25.6. The van der Waals surface area contributed by atoms with Crippen LogP contribution in [-0.2, 0) is 15.6 Å². The summed E-state index contributed by atoms with van der Waals surface area (Å²) in [7, 11) is -3.33. The van der Waals surface area contributed by atoms with Crippen LogP contribution in [0.2, 0.25) is 0 Å². The van der Waals surface area contributed by atoms with E-state index >= 15 is 0 Å². The van der Waals surface area contributed by atoms with E-state index in [4.69, 9.17) is 4.98 Å². The van der Waals surface area contributed by atoms with Crippen LogP contribution in [-0.4, -0.2) is 66.8 Å². The van der Waals surface area contributed by atoms with E-state index in [0.29, 0.717) is 24.0 Å². The highest BCUT2D eigenvalue weighted by Gasteiger charge is 2.48. The van der Waals surface area contributed by atoms with Crippen molar-refractivity contribution in [3.8, 4) is 0 Å². The molecular formula is C19H29N5O3S. The zero-order valence-electron chi connectivity index (χ0n) is 16.8. The number of hydrogen-bond donors (Lipinski definition) is 1. The van der Waals surface area contributed by atoms with E-state index in [0.717, 1.165) is 25.2 Å². The zero-order chi connectivity index (χ0) is 20.1. The van der Waals surface area contributed by atoms with Crippen molar-refractivity contribution in [3.63, 3.8) is 0 Å². The summed E-state index contributed by atoms with van der Waals surface area (Å²) in [5.74, 6) is 0.965. The minimum Gasteiger partial charge on any atom is -0.341 e. The summed E-state index contributed by atoms with van der Waals surface area (Å²) in [5.41, 5.74) is 1.49. The fourth-order valence-corrected chi connectivity index (χ4v) is 6.59. The second-order valence-corrected chi connectivity index (χ2v) is 11.0. The van der Waals surface area contributed by atoms with Gasteiger partial charge >= 0.3 is 6.03 Å². The molecule has 4 heterocycles. The lowest BCUT2D eigenvalue weighted by Gasteiger charge is -2.32. The van der Waals surface area contributed by atoms with Crippen LogP contribution in [0.25, 0.3) is 0 Å². The van der Waals surface area contributed by atoms with Crippen molar-refractivity contribution in [2.24, 2.45) is 5.92 Å². The molecule has 3 atom stereocenters. The van der Waals surface area contributed by atoms with Crippen LogP contribution in [0, 0.1) is 5.92 Å². The molecule has 9 heteroatoms. The van der Waals surface area contributed by atoms with Crippen molar-refractivity contribution in [1.29, 1.82) is 0 Å². The maximum atomic E-state index is 12.8. The molecule has 0 aliphatic carbocycles. The van der Waals surface area contributed by atoms with Crippen molar-refractivity contribution in [2.45, 2.75) is 56.6 Å². The number of carbonyl (C=O) groups excluding carboxylic acids is 1. The number of urea groups is 1. The minimum absolute atomic E-state index is 0.00837. The molecular weight excluding hydrogens is 378 g/mol. The Balaban J connectivity index is 1.64. The molecule has 2 fully saturated rings. The lowest BCUT2D eigenvalue weighted by molar-refractivity contribution is 0.205. The van der Waals surface area contributed by atoms with Gasteiger partial charge in [0, 0.05) is 49.9 Å². The number of hydrogen-bond acceptors (Lipinski definition) is 6. The van der Waals surface area contributed by atoms with Crippen LogP contribution in [0.1, 0.15) is 50.8 Å². The molecule has 2 amide bonds. The predicted molar refractivity (Wildman–Crippen MR) is 107 cm³/mol. The molecule has 1 aromatic rings. The Labute approximate surface area is 166 Å². The molecule has 0 spiro atoms. The van der Waals surface area contributed by atoms with E-state index < -0.39 is 15.1 Å². The molecule has 0 bridgehead atoms. The third-order valence-corrected chi connectivity index (χ3v) is 8.07. The smallest absolute Gasteiger partial charge is 0.317 e. The van der Waals surface area contributed by atoms with Gasteiger partial charge in [0.2, 0.25) is 5.95 Å². The number of nitrogens with one attached hydrogen (secondary N) is 1. The van der Waals surface area contributed by atoms with E-state index in [-0.39, 0.29) is 30.3 Å². The molecule has 0 saturated carbocycles. The summed E-state index contributed by atoms with van der Waals surface area (Å²) in [6, 6.07) is -0.200. The highest BCUT2D eigenvalue weighted by atomic mass is 32.2. The Kier molecular flexibility index (Phi) is 4.97. The average molecular weight is 408 g/mol. The second kappa shape index (κ2) is 7.17. The number of sulfone groups is 1. The lowest BCUT2D eigenvalue weighted by Crippen LogP contribution is -2.42. The van der Waals surface area contributed by atoms with Crippen LogP contribution < -0.4 is 10.2 Å². The monoisotopic (exact) mass is 407 g/mol. The maximum absolute atomic E-state index is 12.8. The Bertz CT molecular complexity index is 872. The second-order valence-electron chi connectivity index (χ2n) is 8.74. The summed E-state index contributed by atoms with van der Waals surface area (Å²) < 4.78 is 25.6. The predicted octanol–water partition coefficient (Wildman–Crippen LogP) is 1.53. The topological polar surface area (TPSA) is 95.5 Å². The summed E-state index contributed by atoms with van der Waals surface area (Å²) in [5, 5.41) is 2.28. The Hall–Kier alpha value is -1.90. The van der Waals surface area contributed by atoms with E-state index in [1.165, 1.54) is 6.42 Å². The van der Waals surface area contributed by atoms with Crippen molar-refractivity contribution in [1.82, 2.24) is 20.2 Å². The fraction of sp³-hybridized carbons (Fsp3) is 0.737. The Morgan fingerprint density at radius 1 is 1.29 bits per heavy atom. The number of piperidine rings is 1. The molecule has 1 aromatic heterocycles. The van der Waals surface area contributed by atoms with Gasteiger partial charge in [-0.1, -0.05) is 6.92 Å². The molecule has 0 aromatic carbocycles. The van der Waals surface area contributed by atoms with E-state index in [2.05, 4.69) is 22.1 Å². The van der Waals surface area contributed by atoms with Crippen LogP contribution in [0.4, 0.5) is 10.7 Å². The van der Waals surface area contributed by atoms with Gasteiger partial charge in [-0.3, -0.25) is 0 Å². The lowest BCUT2D eigenvalue weighted by atomic mass is 9.99. The summed E-state index contributed by atoms with van der Waals surface area (Å²) >= 11 is 0. The molecule has 28 heavy (non-hydrogen) atoms. The summed E-state index contributed by atoms with van der Waals surface area (Å²) in [6.07, 6.45) is 4.01. The average Bonchev–Trinajstić information content (AvgIpc) is 3.08. The third kappa shape index (κ3) is 3.56. The van der Waals surface area contributed by atoms with Gasteiger partial charge in [-0.05, 0) is 32.6 Å². The molecule has 2 saturated heterocycles. The largest absolute Gasteiger partial charge is 0.341 e. The highest BCUT2D eigenvalue weighted by molar-refractivity contribution is 7.91. The summed E-state index contributed by atoms with van der Waals surface area (Å²) in [6.45, 7) is 8.48. The molecule has 3 aliphatic rings. The number of carbonyl (C=O) groups is 1. The van der Waals surface area contributed by atoms with Crippen LogP contribution in [0.5, 0.6) is 0 Å². The first-order valence-electron chi connectivity index (χ1n) is 10.1. The van der Waals surface area contributed by atoms with Gasteiger partial charge in [0.05, 0.1) is 16.7 Å². The molecule has 8 nitrogen and oxygen atoms in total. The number of rotatable bonds is 2. The fourth-order valence-electron chi connectivity index (χ4n) is 4.59. The Morgan fingerprint density at radius 3 is 2.79 bits per heavy atom. The minimum atomic E-state index is -3.33. The number of amides is 2. The van der Waals surface area contributed by atoms with E-state index in [9.17, 15) is 13.2 Å². The first kappa shape index (κ1) is 19.4. The van der Waals surface area contributed by atoms with Crippen LogP contribution in [0.3, 0.4) is 0 Å². The Morgan fingerprint density at radius 2 is 2.07 bits per heavy atom. The molecule has 1 N–H and O–H groups in total. The van der Waals surface area contributed by atoms with Crippen molar-refractivity contribution in [3.05, 3.63) is 17.5 Å². The van der Waals surface area contributed by atoms with Gasteiger partial charge < -0.3 is 15.1 Å². The third-order valence-electron chi connectivity index (χ3n) is 5.96. The van der Waals surface area contributed by atoms with E-state index in [1.54, 1.807) is 11.1 Å². The van der Waals surface area contributed by atoms with Crippen molar-refractivity contribution < 1.29 is 13.2 Å². The molecule has 3 aliphatic heterocycles. The number of fused-ring (bicyclic) bond motifs is 3. The van der Waals surface area contributed by atoms with Gasteiger partial charge in [0.1, 0.15) is 0 Å². The standard InChI is InChI=1S/C19H29N5O3S/c1-12(2)21-19(25)24-9-15-16(10-24)28(26,27)11-14-7-20-18(22-17(14)15)23-6-4-5-13(3)8-23/h7,12-13,15-16H,4-6,8-11H2,1-3H3,(H,21,25)/t13-,15+,16-/m1/s1. The number of likely N-dealkylation sites (tertiary alicyclic amines) is 1. The van der Waals surface area contributed by atoms with Crippen LogP contribution in [0.15, 0.2) is 6.20 Å². The van der Waals surface area contributed by atoms with Crippen LogP contribution >= 0.6 is 0 Å². The molecule has 0 radical (unpaired) electrons. The van der Waals surface area contributed by atoms with Crippen molar-refractivity contribution >= 4 is 21.8 Å². The first-order valence-corrected chi connectivity index (χ1v) is 11.8. The van der Waals surface area contributed by atoms with Gasteiger partial charge in [-0.15, -0.1) is 0 Å². The molecule has 154 valence electrons.